The van der Waals surface area contributed by atoms with Crippen molar-refractivity contribution in [1.82, 2.24) is 0 Å². The molecule has 0 fully saturated rings. The summed E-state index contributed by atoms with van der Waals surface area (Å²) >= 11 is 12.2. The summed E-state index contributed by atoms with van der Waals surface area (Å²) < 4.78 is 64.3. The zero-order chi connectivity index (χ0) is 25.1. The summed E-state index contributed by atoms with van der Waals surface area (Å²) in [6, 6.07) is 15.6. The van der Waals surface area contributed by atoms with E-state index in [2.05, 4.69) is 0 Å². The summed E-state index contributed by atoms with van der Waals surface area (Å²) in [5.74, 6) is 0. The first-order valence-corrected chi connectivity index (χ1v) is 12.4. The minimum absolute atomic E-state index is 0.0366. The Labute approximate surface area is 205 Å². The van der Waals surface area contributed by atoms with E-state index < -0.39 is 21.8 Å². The van der Waals surface area contributed by atoms with E-state index in [4.69, 9.17) is 23.2 Å². The zero-order valence-electron chi connectivity index (χ0n) is 17.8. The lowest BCUT2D eigenvalue weighted by molar-refractivity contribution is -0.137. The summed E-state index contributed by atoms with van der Waals surface area (Å²) in [6.07, 6.45) is -2.84. The van der Waals surface area contributed by atoms with Gasteiger partial charge in [0, 0.05) is 5.69 Å². The van der Waals surface area contributed by atoms with Gasteiger partial charge in [0.05, 0.1) is 40.6 Å². The van der Waals surface area contributed by atoms with Crippen molar-refractivity contribution in [3.05, 3.63) is 93.5 Å². The number of anilines is 2. The average Bonchev–Trinajstić information content (AvgIpc) is 2.77. The summed E-state index contributed by atoms with van der Waals surface area (Å²) in [5, 5.41) is 0.547. The maximum atomic E-state index is 12.8. The van der Waals surface area contributed by atoms with Crippen molar-refractivity contribution < 1.29 is 26.4 Å². The van der Waals surface area contributed by atoms with Crippen LogP contribution in [0.2, 0.25) is 10.0 Å². The molecule has 0 radical (unpaired) electrons. The molecule has 3 rings (SSSR count). The number of hydrogen-bond acceptors (Lipinski definition) is 3. The molecular formula is C23H19Cl2F3N2O3S. The highest BCUT2D eigenvalue weighted by molar-refractivity contribution is 7.92. The van der Waals surface area contributed by atoms with Crippen LogP contribution < -0.4 is 9.21 Å². The largest absolute Gasteiger partial charge is 0.416 e. The zero-order valence-corrected chi connectivity index (χ0v) is 20.1. The van der Waals surface area contributed by atoms with Crippen molar-refractivity contribution in [2.45, 2.75) is 19.3 Å². The highest BCUT2D eigenvalue weighted by Gasteiger charge is 2.30. The molecule has 0 aromatic heterocycles. The second-order valence-corrected chi connectivity index (χ2v) is 10.1. The Hall–Kier alpha value is -2.75. The molecule has 3 aromatic rings. The summed E-state index contributed by atoms with van der Waals surface area (Å²) in [7, 11) is -3.69. The number of sulfonamides is 1. The number of alkyl halides is 3. The third-order valence-corrected chi connectivity index (χ3v) is 6.98. The topological polar surface area (TPSA) is 57.7 Å². The van der Waals surface area contributed by atoms with Crippen molar-refractivity contribution in [2.75, 3.05) is 15.5 Å². The quantitative estimate of drug-likeness (QED) is 0.328. The van der Waals surface area contributed by atoms with Crippen LogP contribution in [-0.4, -0.2) is 21.1 Å². The number of carbonyl (C=O) groups is 1. The molecular weight excluding hydrogens is 512 g/mol. The normalized spacial score (nSPS) is 11.8. The van der Waals surface area contributed by atoms with Gasteiger partial charge < -0.3 is 4.90 Å². The molecule has 0 aliphatic heterocycles. The van der Waals surface area contributed by atoms with Crippen LogP contribution in [0.25, 0.3) is 0 Å². The van der Waals surface area contributed by atoms with E-state index in [0.29, 0.717) is 33.9 Å². The molecule has 34 heavy (non-hydrogen) atoms. The maximum Gasteiger partial charge on any atom is 0.416 e. The van der Waals surface area contributed by atoms with Crippen molar-refractivity contribution in [3.63, 3.8) is 0 Å². The number of nitrogens with zero attached hydrogens (tertiary/aromatic N) is 2. The standard InChI is InChI=1S/C23H19Cl2F3N2O3S/c1-34(32,33)30(14-17-3-2-4-21(24)22(17)25)20-11-9-19(10-12-20)29(15-31)13-16-5-7-18(8-6-16)23(26,27)28/h2-12,15H,13-14H2,1H3. The van der Waals surface area contributed by atoms with Gasteiger partial charge in [-0.3, -0.25) is 9.10 Å². The number of halogens is 5. The number of rotatable bonds is 8. The fourth-order valence-electron chi connectivity index (χ4n) is 3.22. The number of hydrogen-bond donors (Lipinski definition) is 0. The molecule has 0 bridgehead atoms. The molecule has 0 N–H and O–H groups in total. The van der Waals surface area contributed by atoms with Gasteiger partial charge in [-0.2, -0.15) is 13.2 Å². The molecule has 180 valence electrons. The predicted molar refractivity (Wildman–Crippen MR) is 128 cm³/mol. The van der Waals surface area contributed by atoms with Gasteiger partial charge in [-0.15, -0.1) is 0 Å². The summed E-state index contributed by atoms with van der Waals surface area (Å²) in [6.45, 7) is -0.0184. The van der Waals surface area contributed by atoms with Gasteiger partial charge in [-0.25, -0.2) is 8.42 Å². The molecule has 0 spiro atoms. The van der Waals surface area contributed by atoms with Gasteiger partial charge in [-0.05, 0) is 53.6 Å². The van der Waals surface area contributed by atoms with Crippen LogP contribution in [0.3, 0.4) is 0 Å². The van der Waals surface area contributed by atoms with Crippen LogP contribution in [0.15, 0.2) is 66.7 Å². The first kappa shape index (κ1) is 25.9. The molecule has 0 atom stereocenters. The molecule has 0 saturated heterocycles. The molecule has 0 unspecified atom stereocenters. The van der Waals surface area contributed by atoms with E-state index in [1.54, 1.807) is 30.3 Å². The first-order chi connectivity index (χ1) is 15.9. The first-order valence-electron chi connectivity index (χ1n) is 9.79. The Morgan fingerprint density at radius 1 is 0.882 bits per heavy atom. The number of carbonyl (C=O) groups excluding carboxylic acids is 1. The Bertz CT molecular complexity index is 1270. The van der Waals surface area contributed by atoms with Crippen LogP contribution in [0.4, 0.5) is 24.5 Å². The SMILES string of the molecule is CS(=O)(=O)N(Cc1cccc(Cl)c1Cl)c1ccc(N(C=O)Cc2ccc(C(F)(F)F)cc2)cc1. The highest BCUT2D eigenvalue weighted by Crippen LogP contribution is 2.31. The van der Waals surface area contributed by atoms with Crippen LogP contribution in [-0.2, 0) is 34.1 Å². The van der Waals surface area contributed by atoms with Crippen molar-refractivity contribution in [3.8, 4) is 0 Å². The Morgan fingerprint density at radius 3 is 2.00 bits per heavy atom. The van der Waals surface area contributed by atoms with Crippen molar-refractivity contribution >= 4 is 51.0 Å². The number of benzene rings is 3. The fraction of sp³-hybridized carbons (Fsp3) is 0.174. The van der Waals surface area contributed by atoms with Gasteiger partial charge >= 0.3 is 6.18 Å². The second-order valence-electron chi connectivity index (χ2n) is 7.43. The van der Waals surface area contributed by atoms with Gasteiger partial charge in [0.2, 0.25) is 16.4 Å². The third kappa shape index (κ3) is 6.22. The molecule has 5 nitrogen and oxygen atoms in total. The van der Waals surface area contributed by atoms with E-state index in [0.717, 1.165) is 22.7 Å². The predicted octanol–water partition coefficient (Wildman–Crippen LogP) is 6.14. The van der Waals surface area contributed by atoms with E-state index in [1.165, 1.54) is 29.2 Å². The van der Waals surface area contributed by atoms with Gasteiger partial charge in [0.25, 0.3) is 0 Å². The average molecular weight is 531 g/mol. The fourth-order valence-corrected chi connectivity index (χ4v) is 4.48. The molecule has 11 heteroatoms. The Morgan fingerprint density at radius 2 is 1.47 bits per heavy atom. The molecule has 3 aromatic carbocycles. The lowest BCUT2D eigenvalue weighted by Gasteiger charge is -2.24. The Balaban J connectivity index is 1.83. The highest BCUT2D eigenvalue weighted by atomic mass is 35.5. The Kier molecular flexibility index (Phi) is 7.80. The van der Waals surface area contributed by atoms with E-state index in [1.807, 2.05) is 0 Å². The van der Waals surface area contributed by atoms with Crippen LogP contribution in [0, 0.1) is 0 Å². The van der Waals surface area contributed by atoms with E-state index in [-0.39, 0.29) is 18.1 Å². The monoisotopic (exact) mass is 530 g/mol. The van der Waals surface area contributed by atoms with Crippen molar-refractivity contribution in [1.29, 1.82) is 0 Å². The smallest absolute Gasteiger partial charge is 0.311 e. The van der Waals surface area contributed by atoms with E-state index in [9.17, 15) is 26.4 Å². The van der Waals surface area contributed by atoms with Gasteiger partial charge in [-0.1, -0.05) is 47.5 Å². The minimum atomic E-state index is -4.44. The molecule has 0 saturated carbocycles. The third-order valence-electron chi connectivity index (χ3n) is 4.98. The maximum absolute atomic E-state index is 12.8. The summed E-state index contributed by atoms with van der Waals surface area (Å²) in [5.41, 5.74) is 1.01. The number of amides is 1. The van der Waals surface area contributed by atoms with Crippen LogP contribution >= 0.6 is 23.2 Å². The lowest BCUT2D eigenvalue weighted by Crippen LogP contribution is -2.29. The van der Waals surface area contributed by atoms with Crippen molar-refractivity contribution in [2.24, 2.45) is 0 Å². The molecule has 0 heterocycles. The van der Waals surface area contributed by atoms with Gasteiger partial charge in [0.1, 0.15) is 0 Å². The molecule has 1 amide bonds. The summed E-state index contributed by atoms with van der Waals surface area (Å²) in [4.78, 5) is 12.9. The minimum Gasteiger partial charge on any atom is -0.311 e. The van der Waals surface area contributed by atoms with Crippen LogP contribution in [0.5, 0.6) is 0 Å². The van der Waals surface area contributed by atoms with Gasteiger partial charge in [0.15, 0.2) is 0 Å². The second kappa shape index (κ2) is 10.2. The molecule has 0 aliphatic carbocycles. The molecule has 0 aliphatic rings. The van der Waals surface area contributed by atoms with E-state index >= 15 is 0 Å². The van der Waals surface area contributed by atoms with Crippen LogP contribution in [0.1, 0.15) is 16.7 Å². The lowest BCUT2D eigenvalue weighted by atomic mass is 10.1.